The third-order valence-electron chi connectivity index (χ3n) is 2.51. The van der Waals surface area contributed by atoms with Gasteiger partial charge in [0.15, 0.2) is 11.6 Å². The molecule has 1 unspecified atom stereocenters. The zero-order chi connectivity index (χ0) is 12.4. The Morgan fingerprint density at radius 2 is 2.47 bits per heavy atom. The van der Waals surface area contributed by atoms with Gasteiger partial charge in [-0.15, -0.1) is 0 Å². The smallest absolute Gasteiger partial charge is 0.407 e. The van der Waals surface area contributed by atoms with Crippen LogP contribution in [0.5, 0.6) is 0 Å². The summed E-state index contributed by atoms with van der Waals surface area (Å²) in [5, 5.41) is 11.5. The molecule has 1 aliphatic rings. The Morgan fingerprint density at radius 3 is 3.12 bits per heavy atom. The van der Waals surface area contributed by atoms with E-state index in [1.165, 1.54) is 4.90 Å². The van der Waals surface area contributed by atoms with E-state index < -0.39 is 11.9 Å². The van der Waals surface area contributed by atoms with E-state index in [2.05, 4.69) is 15.3 Å². The van der Waals surface area contributed by atoms with Gasteiger partial charge in [-0.3, -0.25) is 0 Å². The van der Waals surface area contributed by atoms with Crippen molar-refractivity contribution in [3.63, 3.8) is 0 Å². The second-order valence-electron chi connectivity index (χ2n) is 3.69. The quantitative estimate of drug-likeness (QED) is 0.787. The van der Waals surface area contributed by atoms with Crippen LogP contribution in [-0.4, -0.2) is 45.2 Å². The van der Waals surface area contributed by atoms with Crippen molar-refractivity contribution < 1.29 is 14.3 Å². The lowest BCUT2D eigenvalue weighted by Gasteiger charge is -2.14. The second kappa shape index (κ2) is 4.70. The number of carbonyl (C=O) groups is 1. The SMILES string of the molecule is O=C(O)N1CCC(Nc2nc(Cl)ncc2F)C1. The minimum absolute atomic E-state index is 0.00207. The molecule has 8 heteroatoms. The number of halogens is 2. The van der Waals surface area contributed by atoms with E-state index in [1.807, 2.05) is 0 Å². The fourth-order valence-corrected chi connectivity index (χ4v) is 1.83. The number of nitrogens with one attached hydrogen (secondary N) is 1. The van der Waals surface area contributed by atoms with Crippen molar-refractivity contribution in [3.8, 4) is 0 Å². The first-order valence-corrected chi connectivity index (χ1v) is 5.36. The number of carboxylic acid groups (broad SMARTS) is 1. The first-order valence-electron chi connectivity index (χ1n) is 4.98. The Labute approximate surface area is 101 Å². The molecule has 1 aromatic heterocycles. The molecule has 0 aliphatic carbocycles. The predicted octanol–water partition coefficient (Wildman–Crippen LogP) is 1.43. The van der Waals surface area contributed by atoms with E-state index in [0.29, 0.717) is 19.5 Å². The van der Waals surface area contributed by atoms with E-state index >= 15 is 0 Å². The Kier molecular flexibility index (Phi) is 3.28. The molecule has 0 spiro atoms. The maximum absolute atomic E-state index is 13.3. The highest BCUT2D eigenvalue weighted by Crippen LogP contribution is 2.17. The standard InChI is InChI=1S/C9H10ClFN4O2/c10-8-12-3-6(11)7(14-8)13-5-1-2-15(4-5)9(16)17/h3,5H,1-2,4H2,(H,16,17)(H,12,13,14). The number of hydrogen-bond acceptors (Lipinski definition) is 4. The van der Waals surface area contributed by atoms with Gasteiger partial charge in [0.25, 0.3) is 0 Å². The van der Waals surface area contributed by atoms with Crippen LogP contribution in [0, 0.1) is 5.82 Å². The highest BCUT2D eigenvalue weighted by molar-refractivity contribution is 6.28. The van der Waals surface area contributed by atoms with Crippen molar-refractivity contribution in [2.75, 3.05) is 18.4 Å². The van der Waals surface area contributed by atoms with Crippen molar-refractivity contribution in [2.45, 2.75) is 12.5 Å². The van der Waals surface area contributed by atoms with Gasteiger partial charge in [0, 0.05) is 19.1 Å². The monoisotopic (exact) mass is 260 g/mol. The third-order valence-corrected chi connectivity index (χ3v) is 2.70. The lowest BCUT2D eigenvalue weighted by molar-refractivity contribution is 0.155. The molecule has 1 aliphatic heterocycles. The van der Waals surface area contributed by atoms with Crippen molar-refractivity contribution in [1.82, 2.24) is 14.9 Å². The number of rotatable bonds is 2. The van der Waals surface area contributed by atoms with Gasteiger partial charge in [-0.25, -0.2) is 14.2 Å². The van der Waals surface area contributed by atoms with Gasteiger partial charge in [-0.2, -0.15) is 4.98 Å². The summed E-state index contributed by atoms with van der Waals surface area (Å²) in [5.41, 5.74) is 0. The Bertz CT molecular complexity index is 445. The summed E-state index contributed by atoms with van der Waals surface area (Å²) >= 11 is 5.55. The number of amides is 1. The zero-order valence-corrected chi connectivity index (χ0v) is 9.48. The molecule has 0 radical (unpaired) electrons. The van der Waals surface area contributed by atoms with Crippen molar-refractivity contribution in [3.05, 3.63) is 17.3 Å². The molecule has 1 atom stereocenters. The lowest BCUT2D eigenvalue weighted by atomic mass is 10.2. The summed E-state index contributed by atoms with van der Waals surface area (Å²) in [5.74, 6) is -0.606. The van der Waals surface area contributed by atoms with Crippen LogP contribution in [0.15, 0.2) is 6.20 Å². The number of aromatic nitrogens is 2. The molecule has 6 nitrogen and oxygen atoms in total. The van der Waals surface area contributed by atoms with Crippen LogP contribution in [0.25, 0.3) is 0 Å². The second-order valence-corrected chi connectivity index (χ2v) is 4.03. The molecular formula is C9H10ClFN4O2. The van der Waals surface area contributed by atoms with Crippen molar-refractivity contribution >= 4 is 23.5 Å². The topological polar surface area (TPSA) is 78.4 Å². The van der Waals surface area contributed by atoms with E-state index in [0.717, 1.165) is 6.20 Å². The molecular weight excluding hydrogens is 251 g/mol. The van der Waals surface area contributed by atoms with E-state index in [9.17, 15) is 9.18 Å². The highest BCUT2D eigenvalue weighted by atomic mass is 35.5. The predicted molar refractivity (Wildman–Crippen MR) is 58.6 cm³/mol. The third kappa shape index (κ3) is 2.73. The lowest BCUT2D eigenvalue weighted by Crippen LogP contribution is -2.30. The fraction of sp³-hybridized carbons (Fsp3) is 0.444. The van der Waals surface area contributed by atoms with Crippen LogP contribution in [0.2, 0.25) is 5.28 Å². The first kappa shape index (κ1) is 11.8. The van der Waals surface area contributed by atoms with Gasteiger partial charge in [0.05, 0.1) is 6.20 Å². The van der Waals surface area contributed by atoms with Gasteiger partial charge in [-0.1, -0.05) is 0 Å². The Balaban J connectivity index is 2.02. The number of nitrogens with zero attached hydrogens (tertiary/aromatic N) is 3. The van der Waals surface area contributed by atoms with Crippen molar-refractivity contribution in [1.29, 1.82) is 0 Å². The number of hydrogen-bond donors (Lipinski definition) is 2. The Hall–Kier alpha value is -1.63. The zero-order valence-electron chi connectivity index (χ0n) is 8.73. The summed E-state index contributed by atoms with van der Waals surface area (Å²) in [4.78, 5) is 19.2. The molecule has 2 rings (SSSR count). The van der Waals surface area contributed by atoms with Crippen LogP contribution in [0.4, 0.5) is 15.0 Å². The van der Waals surface area contributed by atoms with Crippen LogP contribution >= 0.6 is 11.6 Å². The average Bonchev–Trinajstić information content (AvgIpc) is 2.72. The number of likely N-dealkylation sites (tertiary alicyclic amines) is 1. The molecule has 17 heavy (non-hydrogen) atoms. The van der Waals surface area contributed by atoms with Gasteiger partial charge < -0.3 is 15.3 Å². The molecule has 1 saturated heterocycles. The van der Waals surface area contributed by atoms with Crippen LogP contribution in [0.1, 0.15) is 6.42 Å². The van der Waals surface area contributed by atoms with E-state index in [-0.39, 0.29) is 17.1 Å². The van der Waals surface area contributed by atoms with Crippen molar-refractivity contribution in [2.24, 2.45) is 0 Å². The summed E-state index contributed by atoms with van der Waals surface area (Å²) < 4.78 is 13.3. The molecule has 0 bridgehead atoms. The molecule has 0 saturated carbocycles. The maximum atomic E-state index is 13.3. The minimum Gasteiger partial charge on any atom is -0.465 e. The largest absolute Gasteiger partial charge is 0.465 e. The highest BCUT2D eigenvalue weighted by Gasteiger charge is 2.26. The molecule has 2 N–H and O–H groups in total. The van der Waals surface area contributed by atoms with Crippen LogP contribution in [-0.2, 0) is 0 Å². The number of anilines is 1. The van der Waals surface area contributed by atoms with Gasteiger partial charge in [0.1, 0.15) is 0 Å². The van der Waals surface area contributed by atoms with E-state index in [1.54, 1.807) is 0 Å². The van der Waals surface area contributed by atoms with Gasteiger partial charge in [0.2, 0.25) is 5.28 Å². The molecule has 2 heterocycles. The Morgan fingerprint density at radius 1 is 1.71 bits per heavy atom. The van der Waals surface area contributed by atoms with Gasteiger partial charge >= 0.3 is 6.09 Å². The van der Waals surface area contributed by atoms with Gasteiger partial charge in [-0.05, 0) is 18.0 Å². The fourth-order valence-electron chi connectivity index (χ4n) is 1.69. The van der Waals surface area contributed by atoms with Crippen LogP contribution in [0.3, 0.4) is 0 Å². The summed E-state index contributed by atoms with van der Waals surface area (Å²) in [6, 6.07) is -0.161. The summed E-state index contributed by atoms with van der Waals surface area (Å²) in [6.07, 6.45) is 0.602. The first-order chi connectivity index (χ1) is 8.06. The average molecular weight is 261 g/mol. The van der Waals surface area contributed by atoms with E-state index in [4.69, 9.17) is 16.7 Å². The molecule has 0 aromatic carbocycles. The molecule has 1 amide bonds. The molecule has 92 valence electrons. The normalized spacial score (nSPS) is 19.4. The minimum atomic E-state index is -0.976. The molecule has 1 fully saturated rings. The maximum Gasteiger partial charge on any atom is 0.407 e. The summed E-state index contributed by atoms with van der Waals surface area (Å²) in [6.45, 7) is 0.726. The molecule has 1 aromatic rings. The van der Waals surface area contributed by atoms with Crippen LogP contribution < -0.4 is 5.32 Å². The summed E-state index contributed by atoms with van der Waals surface area (Å²) in [7, 11) is 0.